The van der Waals surface area contributed by atoms with Crippen molar-refractivity contribution in [2.24, 2.45) is 22.7 Å². The van der Waals surface area contributed by atoms with Gasteiger partial charge in [0.25, 0.3) is 0 Å². The maximum Gasteiger partial charge on any atom is 0.142 e. The zero-order chi connectivity index (χ0) is 17.3. The van der Waals surface area contributed by atoms with Crippen LogP contribution in [0.15, 0.2) is 12.7 Å². The van der Waals surface area contributed by atoms with Gasteiger partial charge in [-0.3, -0.25) is 4.79 Å². The van der Waals surface area contributed by atoms with Crippen molar-refractivity contribution in [2.45, 2.75) is 84.0 Å². The third-order valence-electron chi connectivity index (χ3n) is 7.36. The maximum atomic E-state index is 13.2. The number of aliphatic hydroxyl groups excluding tert-OH is 1. The Bertz CT molecular complexity index is 539. The van der Waals surface area contributed by atoms with E-state index in [-0.39, 0.29) is 22.5 Å². The molecule has 130 valence electrons. The summed E-state index contributed by atoms with van der Waals surface area (Å²) < 4.78 is 6.39. The Hall–Kier alpha value is -0.670. The van der Waals surface area contributed by atoms with Crippen LogP contribution in [-0.2, 0) is 9.53 Å². The number of aliphatic hydroxyl groups is 1. The van der Waals surface area contributed by atoms with Gasteiger partial charge in [-0.15, -0.1) is 6.58 Å². The van der Waals surface area contributed by atoms with Crippen LogP contribution >= 0.6 is 0 Å². The van der Waals surface area contributed by atoms with E-state index in [1.807, 2.05) is 13.8 Å². The van der Waals surface area contributed by atoms with E-state index in [9.17, 15) is 9.90 Å². The number of ketones is 1. The van der Waals surface area contributed by atoms with Gasteiger partial charge in [0, 0.05) is 6.42 Å². The molecule has 3 nitrogen and oxygen atoms in total. The minimum absolute atomic E-state index is 0.0880. The lowest BCUT2D eigenvalue weighted by Gasteiger charge is -2.65. The first-order valence-corrected chi connectivity index (χ1v) is 9.03. The third kappa shape index (κ3) is 2.26. The summed E-state index contributed by atoms with van der Waals surface area (Å²) in [5.74, 6) is 0.374. The van der Waals surface area contributed by atoms with Crippen molar-refractivity contribution >= 4 is 5.78 Å². The number of rotatable bonds is 1. The topological polar surface area (TPSA) is 46.5 Å². The van der Waals surface area contributed by atoms with E-state index in [1.165, 1.54) is 6.42 Å². The molecule has 0 aromatic heterocycles. The minimum Gasteiger partial charge on any atom is -0.390 e. The summed E-state index contributed by atoms with van der Waals surface area (Å²) in [4.78, 5) is 13.2. The van der Waals surface area contributed by atoms with Crippen molar-refractivity contribution in [1.29, 1.82) is 0 Å². The zero-order valence-electron chi connectivity index (χ0n) is 15.3. The molecule has 2 aliphatic carbocycles. The number of Topliss-reactive ketones (excluding diaryl/α,β-unsaturated/α-hetero) is 1. The first-order valence-electron chi connectivity index (χ1n) is 9.03. The number of hydrogen-bond donors (Lipinski definition) is 1. The Morgan fingerprint density at radius 1 is 1.22 bits per heavy atom. The average Bonchev–Trinajstić information content (AvgIpc) is 2.40. The fourth-order valence-corrected chi connectivity index (χ4v) is 6.32. The molecule has 1 aliphatic heterocycles. The molecule has 1 unspecified atom stereocenters. The van der Waals surface area contributed by atoms with E-state index in [2.05, 4.69) is 27.4 Å². The van der Waals surface area contributed by atoms with Crippen LogP contribution in [0.1, 0.15) is 66.7 Å². The van der Waals surface area contributed by atoms with Crippen LogP contribution in [0.25, 0.3) is 0 Å². The van der Waals surface area contributed by atoms with Crippen LogP contribution in [0.4, 0.5) is 0 Å². The standard InChI is InChI=1S/C20H32O3/c1-7-18(4)12-13(21)16-19(5)10-8-9-17(2,3)14(19)11-15(22)20(16,6)23-18/h7,14-16,22H,1,8-12H2,2-6H3/t14-,15+,16?,18-,19-,20+/m0/s1. The Kier molecular flexibility index (Phi) is 3.67. The molecular weight excluding hydrogens is 288 g/mol. The molecular formula is C20H32O3. The van der Waals surface area contributed by atoms with Crippen molar-refractivity contribution in [2.75, 3.05) is 0 Å². The summed E-state index contributed by atoms with van der Waals surface area (Å²) in [6, 6.07) is 0. The number of hydrogen-bond acceptors (Lipinski definition) is 3. The van der Waals surface area contributed by atoms with Gasteiger partial charge >= 0.3 is 0 Å². The predicted octanol–water partition coefficient (Wildman–Crippen LogP) is 3.89. The molecule has 3 fully saturated rings. The Labute approximate surface area is 140 Å². The van der Waals surface area contributed by atoms with Crippen LogP contribution in [-0.4, -0.2) is 28.2 Å². The Balaban J connectivity index is 2.09. The molecule has 0 bridgehead atoms. The Morgan fingerprint density at radius 2 is 1.87 bits per heavy atom. The monoisotopic (exact) mass is 320 g/mol. The average molecular weight is 320 g/mol. The summed E-state index contributed by atoms with van der Waals surface area (Å²) in [7, 11) is 0. The number of carbonyl (C=O) groups is 1. The largest absolute Gasteiger partial charge is 0.390 e. The zero-order valence-corrected chi connectivity index (χ0v) is 15.3. The quantitative estimate of drug-likeness (QED) is 0.746. The predicted molar refractivity (Wildman–Crippen MR) is 91.1 cm³/mol. The summed E-state index contributed by atoms with van der Waals surface area (Å²) in [6.45, 7) is 14.6. The number of fused-ring (bicyclic) bond motifs is 3. The molecule has 2 saturated carbocycles. The van der Waals surface area contributed by atoms with E-state index in [1.54, 1.807) is 6.08 Å². The molecule has 0 amide bonds. The van der Waals surface area contributed by atoms with Crippen molar-refractivity contribution in [3.63, 3.8) is 0 Å². The summed E-state index contributed by atoms with van der Waals surface area (Å²) in [5.41, 5.74) is -1.41. The molecule has 1 heterocycles. The normalized spacial score (nSPS) is 52.4. The summed E-state index contributed by atoms with van der Waals surface area (Å²) in [5, 5.41) is 11.0. The van der Waals surface area contributed by atoms with Gasteiger partial charge in [-0.1, -0.05) is 33.3 Å². The van der Waals surface area contributed by atoms with Crippen molar-refractivity contribution in [3.05, 3.63) is 12.7 Å². The molecule has 3 heteroatoms. The lowest BCUT2D eigenvalue weighted by atomic mass is 9.43. The van der Waals surface area contributed by atoms with Crippen LogP contribution in [0.3, 0.4) is 0 Å². The highest BCUT2D eigenvalue weighted by Gasteiger charge is 2.67. The maximum absolute atomic E-state index is 13.2. The van der Waals surface area contributed by atoms with E-state index >= 15 is 0 Å². The lowest BCUT2D eigenvalue weighted by Crippen LogP contribution is -2.70. The Morgan fingerprint density at radius 3 is 2.48 bits per heavy atom. The van der Waals surface area contributed by atoms with Gasteiger partial charge < -0.3 is 9.84 Å². The second-order valence-electron chi connectivity index (χ2n) is 9.53. The smallest absolute Gasteiger partial charge is 0.142 e. The van der Waals surface area contributed by atoms with Gasteiger partial charge in [0.05, 0.1) is 17.6 Å². The lowest BCUT2D eigenvalue weighted by molar-refractivity contribution is -0.275. The fraction of sp³-hybridized carbons (Fsp3) is 0.850. The second kappa shape index (κ2) is 4.92. The van der Waals surface area contributed by atoms with Crippen LogP contribution in [0.5, 0.6) is 0 Å². The molecule has 0 spiro atoms. The molecule has 0 radical (unpaired) electrons. The van der Waals surface area contributed by atoms with Gasteiger partial charge in [0.2, 0.25) is 0 Å². The fourth-order valence-electron chi connectivity index (χ4n) is 6.32. The van der Waals surface area contributed by atoms with Crippen LogP contribution in [0, 0.1) is 22.7 Å². The first-order chi connectivity index (χ1) is 10.5. The SMILES string of the molecule is C=C[C@@]1(C)CC(=O)C2[C@](C)(O1)[C@H](O)C[C@H]1C(C)(C)CCC[C@]21C. The van der Waals surface area contributed by atoms with Crippen LogP contribution in [0.2, 0.25) is 0 Å². The van der Waals surface area contributed by atoms with E-state index in [0.717, 1.165) is 19.3 Å². The highest BCUT2D eigenvalue weighted by atomic mass is 16.5. The summed E-state index contributed by atoms with van der Waals surface area (Å²) >= 11 is 0. The van der Waals surface area contributed by atoms with Gasteiger partial charge in [-0.05, 0) is 49.9 Å². The van der Waals surface area contributed by atoms with E-state index in [0.29, 0.717) is 12.3 Å². The van der Waals surface area contributed by atoms with Crippen molar-refractivity contribution < 1.29 is 14.6 Å². The van der Waals surface area contributed by atoms with Crippen molar-refractivity contribution in [1.82, 2.24) is 0 Å². The molecule has 3 rings (SSSR count). The molecule has 0 aromatic rings. The van der Waals surface area contributed by atoms with E-state index < -0.39 is 17.3 Å². The molecule has 1 N–H and O–H groups in total. The first kappa shape index (κ1) is 17.2. The van der Waals surface area contributed by atoms with E-state index in [4.69, 9.17) is 4.74 Å². The van der Waals surface area contributed by atoms with Crippen LogP contribution < -0.4 is 0 Å². The highest BCUT2D eigenvalue weighted by molar-refractivity contribution is 5.85. The van der Waals surface area contributed by atoms with Gasteiger partial charge in [-0.2, -0.15) is 0 Å². The second-order valence-corrected chi connectivity index (χ2v) is 9.53. The van der Waals surface area contributed by atoms with Gasteiger partial charge in [-0.25, -0.2) is 0 Å². The molecule has 23 heavy (non-hydrogen) atoms. The third-order valence-corrected chi connectivity index (χ3v) is 7.36. The van der Waals surface area contributed by atoms with Gasteiger partial charge in [0.15, 0.2) is 0 Å². The summed E-state index contributed by atoms with van der Waals surface area (Å²) in [6.07, 6.45) is 5.57. The molecule has 1 saturated heterocycles. The molecule has 6 atom stereocenters. The number of carbonyl (C=O) groups excluding carboxylic acids is 1. The number of ether oxygens (including phenoxy) is 1. The highest BCUT2D eigenvalue weighted by Crippen LogP contribution is 2.64. The minimum atomic E-state index is -0.809. The molecule has 0 aromatic carbocycles. The van der Waals surface area contributed by atoms with Gasteiger partial charge in [0.1, 0.15) is 11.4 Å². The van der Waals surface area contributed by atoms with Crippen molar-refractivity contribution in [3.8, 4) is 0 Å². The molecule has 3 aliphatic rings.